The van der Waals surface area contributed by atoms with Crippen molar-refractivity contribution in [2.75, 3.05) is 6.54 Å². The van der Waals surface area contributed by atoms with Crippen molar-refractivity contribution in [3.05, 3.63) is 29.8 Å². The van der Waals surface area contributed by atoms with Gasteiger partial charge in [0.1, 0.15) is 12.4 Å². The van der Waals surface area contributed by atoms with Crippen LogP contribution in [0.5, 0.6) is 0 Å². The van der Waals surface area contributed by atoms with Gasteiger partial charge >= 0.3 is 5.97 Å². The number of carboxylic acids is 1. The molecule has 17 heavy (non-hydrogen) atoms. The molecule has 1 N–H and O–H groups in total. The summed E-state index contributed by atoms with van der Waals surface area (Å²) < 4.78 is 12.9. The molecule has 1 heterocycles. The fraction of sp³-hybridized carbons (Fsp3) is 0.364. The quantitative estimate of drug-likeness (QED) is 0.857. The minimum Gasteiger partial charge on any atom is -0.480 e. The van der Waals surface area contributed by atoms with Gasteiger partial charge in [-0.25, -0.2) is 4.39 Å². The molecule has 0 spiro atoms. The van der Waals surface area contributed by atoms with Gasteiger partial charge in [0.05, 0.1) is 11.8 Å². The molecular weight excluding hydrogens is 227 g/mol. The van der Waals surface area contributed by atoms with Crippen LogP contribution in [0.15, 0.2) is 18.5 Å². The predicted molar refractivity (Wildman–Crippen MR) is 58.0 cm³/mol. The normalized spacial score (nSPS) is 10.4. The van der Waals surface area contributed by atoms with Crippen molar-refractivity contribution in [2.24, 2.45) is 0 Å². The Kier molecular flexibility index (Phi) is 4.14. The zero-order chi connectivity index (χ0) is 13.0. The Morgan fingerprint density at radius 2 is 2.12 bits per heavy atom. The van der Waals surface area contributed by atoms with Crippen LogP contribution in [0.2, 0.25) is 0 Å². The average molecular weight is 240 g/mol. The number of aromatic nitrogens is 1. The van der Waals surface area contributed by atoms with E-state index in [0.29, 0.717) is 0 Å². The standard InChI is InChI=1S/C11H13FN2O3/c1-7(2)14(6-10(15)16)11(17)8-3-9(12)5-13-4-8/h3-5,7H,6H2,1-2H3,(H,15,16). The van der Waals surface area contributed by atoms with Crippen molar-refractivity contribution >= 4 is 11.9 Å². The SMILES string of the molecule is CC(C)N(CC(=O)O)C(=O)c1cncc(F)c1. The molecule has 0 saturated carbocycles. The largest absolute Gasteiger partial charge is 0.480 e. The third-order valence-corrected chi connectivity index (χ3v) is 2.14. The molecule has 0 saturated heterocycles. The molecule has 5 nitrogen and oxygen atoms in total. The van der Waals surface area contributed by atoms with E-state index in [1.807, 2.05) is 0 Å². The number of amides is 1. The van der Waals surface area contributed by atoms with Crippen LogP contribution in [0, 0.1) is 5.82 Å². The lowest BCUT2D eigenvalue weighted by atomic mass is 10.2. The van der Waals surface area contributed by atoms with Gasteiger partial charge in [-0.3, -0.25) is 14.6 Å². The summed E-state index contributed by atoms with van der Waals surface area (Å²) >= 11 is 0. The first-order valence-electron chi connectivity index (χ1n) is 5.05. The van der Waals surface area contributed by atoms with Crippen LogP contribution in [0.1, 0.15) is 24.2 Å². The Morgan fingerprint density at radius 1 is 1.47 bits per heavy atom. The summed E-state index contributed by atoms with van der Waals surface area (Å²) in [6, 6.07) is 0.744. The van der Waals surface area contributed by atoms with Crippen molar-refractivity contribution in [2.45, 2.75) is 19.9 Å². The number of rotatable bonds is 4. The van der Waals surface area contributed by atoms with Crippen LogP contribution in [0.25, 0.3) is 0 Å². The molecule has 1 rings (SSSR count). The van der Waals surface area contributed by atoms with Crippen LogP contribution in [0.3, 0.4) is 0 Å². The number of carbonyl (C=O) groups is 2. The van der Waals surface area contributed by atoms with Gasteiger partial charge < -0.3 is 10.0 Å². The second-order valence-corrected chi connectivity index (χ2v) is 3.81. The van der Waals surface area contributed by atoms with E-state index >= 15 is 0 Å². The van der Waals surface area contributed by atoms with Gasteiger partial charge in [-0.1, -0.05) is 0 Å². The maximum absolute atomic E-state index is 12.9. The van der Waals surface area contributed by atoms with Gasteiger partial charge in [0, 0.05) is 12.2 Å². The summed E-state index contributed by atoms with van der Waals surface area (Å²) in [4.78, 5) is 27.3. The van der Waals surface area contributed by atoms with Gasteiger partial charge in [-0.2, -0.15) is 0 Å². The molecule has 0 unspecified atom stereocenters. The summed E-state index contributed by atoms with van der Waals surface area (Å²) in [5.41, 5.74) is 0.0416. The number of carbonyl (C=O) groups excluding carboxylic acids is 1. The lowest BCUT2D eigenvalue weighted by Gasteiger charge is -2.24. The van der Waals surface area contributed by atoms with Crippen molar-refractivity contribution in [1.82, 2.24) is 9.88 Å². The number of carboxylic acid groups (broad SMARTS) is 1. The maximum Gasteiger partial charge on any atom is 0.323 e. The highest BCUT2D eigenvalue weighted by Crippen LogP contribution is 2.08. The number of hydrogen-bond acceptors (Lipinski definition) is 3. The molecule has 1 aromatic heterocycles. The summed E-state index contributed by atoms with van der Waals surface area (Å²) in [5, 5.41) is 8.70. The molecule has 1 aromatic rings. The molecule has 1 amide bonds. The van der Waals surface area contributed by atoms with Crippen molar-refractivity contribution in [1.29, 1.82) is 0 Å². The highest BCUT2D eigenvalue weighted by molar-refractivity contribution is 5.95. The van der Waals surface area contributed by atoms with E-state index in [1.54, 1.807) is 13.8 Å². The summed E-state index contributed by atoms with van der Waals surface area (Å²) in [7, 11) is 0. The highest BCUT2D eigenvalue weighted by atomic mass is 19.1. The predicted octanol–water partition coefficient (Wildman–Crippen LogP) is 1.16. The van der Waals surface area contributed by atoms with Crippen molar-refractivity contribution in [3.63, 3.8) is 0 Å². The zero-order valence-corrected chi connectivity index (χ0v) is 9.55. The van der Waals surface area contributed by atoms with Crippen LogP contribution >= 0.6 is 0 Å². The van der Waals surface area contributed by atoms with E-state index in [1.165, 1.54) is 6.20 Å². The summed E-state index contributed by atoms with van der Waals surface area (Å²) in [6.07, 6.45) is 2.19. The third kappa shape index (κ3) is 3.51. The van der Waals surface area contributed by atoms with Crippen molar-refractivity contribution in [3.8, 4) is 0 Å². The minimum absolute atomic E-state index is 0.0416. The van der Waals surface area contributed by atoms with E-state index in [0.717, 1.165) is 17.2 Å². The lowest BCUT2D eigenvalue weighted by Crippen LogP contribution is -2.40. The number of pyridine rings is 1. The average Bonchev–Trinajstić information content (AvgIpc) is 2.24. The fourth-order valence-corrected chi connectivity index (χ4v) is 1.33. The summed E-state index contributed by atoms with van der Waals surface area (Å²) in [5.74, 6) is -2.29. The zero-order valence-electron chi connectivity index (χ0n) is 9.55. The van der Waals surface area contributed by atoms with E-state index < -0.39 is 24.2 Å². The molecule has 0 atom stereocenters. The topological polar surface area (TPSA) is 70.5 Å². The second-order valence-electron chi connectivity index (χ2n) is 3.81. The molecule has 0 radical (unpaired) electrons. The Labute approximate surface area is 97.9 Å². The number of hydrogen-bond donors (Lipinski definition) is 1. The van der Waals surface area contributed by atoms with Gasteiger partial charge in [0.15, 0.2) is 0 Å². The smallest absolute Gasteiger partial charge is 0.323 e. The van der Waals surface area contributed by atoms with E-state index in [-0.39, 0.29) is 11.6 Å². The molecule has 0 aliphatic heterocycles. The van der Waals surface area contributed by atoms with Gasteiger partial charge in [0.2, 0.25) is 0 Å². The molecule has 0 aromatic carbocycles. The van der Waals surface area contributed by atoms with Gasteiger partial charge in [0.25, 0.3) is 5.91 Å². The van der Waals surface area contributed by atoms with Crippen LogP contribution < -0.4 is 0 Å². The lowest BCUT2D eigenvalue weighted by molar-refractivity contribution is -0.138. The molecule has 0 aliphatic carbocycles. The van der Waals surface area contributed by atoms with E-state index in [2.05, 4.69) is 4.98 Å². The minimum atomic E-state index is -1.11. The molecule has 0 aliphatic rings. The number of aliphatic carboxylic acids is 1. The molecule has 6 heteroatoms. The highest BCUT2D eigenvalue weighted by Gasteiger charge is 2.21. The Balaban J connectivity index is 2.95. The van der Waals surface area contributed by atoms with Crippen molar-refractivity contribution < 1.29 is 19.1 Å². The van der Waals surface area contributed by atoms with Crippen LogP contribution in [-0.4, -0.2) is 39.5 Å². The molecular formula is C11H13FN2O3. The summed E-state index contributed by atoms with van der Waals surface area (Å²) in [6.45, 7) is 2.95. The second kappa shape index (κ2) is 5.38. The first kappa shape index (κ1) is 13.1. The number of nitrogens with zero attached hydrogens (tertiary/aromatic N) is 2. The Hall–Kier alpha value is -1.98. The van der Waals surface area contributed by atoms with Crippen LogP contribution in [0.4, 0.5) is 4.39 Å². The molecule has 0 fully saturated rings. The molecule has 92 valence electrons. The Morgan fingerprint density at radius 3 is 2.59 bits per heavy atom. The fourth-order valence-electron chi connectivity index (χ4n) is 1.33. The van der Waals surface area contributed by atoms with E-state index in [4.69, 9.17) is 5.11 Å². The van der Waals surface area contributed by atoms with Gasteiger partial charge in [-0.15, -0.1) is 0 Å². The monoisotopic (exact) mass is 240 g/mol. The maximum atomic E-state index is 12.9. The first-order chi connectivity index (χ1) is 7.91. The number of halogens is 1. The molecule has 0 bridgehead atoms. The van der Waals surface area contributed by atoms with Gasteiger partial charge in [-0.05, 0) is 19.9 Å². The third-order valence-electron chi connectivity index (χ3n) is 2.14. The first-order valence-corrected chi connectivity index (χ1v) is 5.05. The van der Waals surface area contributed by atoms with Crippen LogP contribution in [-0.2, 0) is 4.79 Å². The van der Waals surface area contributed by atoms with E-state index in [9.17, 15) is 14.0 Å². The Bertz CT molecular complexity index is 434.